The van der Waals surface area contributed by atoms with Gasteiger partial charge in [0.25, 0.3) is 0 Å². The fourth-order valence-electron chi connectivity index (χ4n) is 4.17. The lowest BCUT2D eigenvalue weighted by Gasteiger charge is -2.07. The van der Waals surface area contributed by atoms with Crippen molar-refractivity contribution in [3.63, 3.8) is 0 Å². The quantitative estimate of drug-likeness (QED) is 0.314. The van der Waals surface area contributed by atoms with Gasteiger partial charge >= 0.3 is 0 Å². The number of nitrogens with one attached hydrogen (secondary N) is 1. The molecular formula is C26H22N2. The lowest BCUT2D eigenvalue weighted by atomic mass is 10.1. The van der Waals surface area contributed by atoms with Crippen molar-refractivity contribution in [1.29, 1.82) is 0 Å². The first-order valence-corrected chi connectivity index (χ1v) is 9.89. The summed E-state index contributed by atoms with van der Waals surface area (Å²) in [6, 6.07) is 32.4. The van der Waals surface area contributed by atoms with Crippen LogP contribution in [0.5, 0.6) is 0 Å². The molecule has 0 aliphatic carbocycles. The molecule has 6 rings (SSSR count). The first-order valence-electron chi connectivity index (χ1n) is 9.89. The monoisotopic (exact) mass is 362 g/mol. The van der Waals surface area contributed by atoms with E-state index in [9.17, 15) is 0 Å². The molecule has 136 valence electrons. The van der Waals surface area contributed by atoms with Gasteiger partial charge in [-0.2, -0.15) is 0 Å². The minimum absolute atomic E-state index is 1.19. The molecule has 6 aromatic rings. The number of H-pyrrole nitrogens is 1. The van der Waals surface area contributed by atoms with Gasteiger partial charge in [-0.1, -0.05) is 68.4 Å². The molecule has 0 spiro atoms. The van der Waals surface area contributed by atoms with Crippen LogP contribution in [0.25, 0.3) is 49.3 Å². The minimum atomic E-state index is 1.19. The van der Waals surface area contributed by atoms with Crippen LogP contribution in [0.4, 0.5) is 0 Å². The van der Waals surface area contributed by atoms with E-state index in [0.717, 1.165) is 0 Å². The van der Waals surface area contributed by atoms with Crippen molar-refractivity contribution in [3.05, 3.63) is 91.0 Å². The summed E-state index contributed by atoms with van der Waals surface area (Å²) < 4.78 is 2.37. The summed E-state index contributed by atoms with van der Waals surface area (Å²) in [7, 11) is 0. The Morgan fingerprint density at radius 2 is 1.21 bits per heavy atom. The van der Waals surface area contributed by atoms with Crippen LogP contribution in [0.2, 0.25) is 0 Å². The van der Waals surface area contributed by atoms with E-state index in [4.69, 9.17) is 0 Å². The zero-order valence-corrected chi connectivity index (χ0v) is 16.1. The molecule has 28 heavy (non-hydrogen) atoms. The zero-order valence-electron chi connectivity index (χ0n) is 16.1. The van der Waals surface area contributed by atoms with Gasteiger partial charge in [0.1, 0.15) is 0 Å². The topological polar surface area (TPSA) is 20.7 Å². The highest BCUT2D eigenvalue weighted by atomic mass is 15.0. The lowest BCUT2D eigenvalue weighted by Crippen LogP contribution is -1.92. The predicted molar refractivity (Wildman–Crippen MR) is 121 cm³/mol. The van der Waals surface area contributed by atoms with E-state index in [2.05, 4.69) is 101 Å². The Labute approximate surface area is 164 Å². The maximum atomic E-state index is 3.57. The van der Waals surface area contributed by atoms with Gasteiger partial charge in [-0.3, -0.25) is 0 Å². The molecule has 0 amide bonds. The SMILES string of the molecule is CC.c1ccc(-n2c3ccccc3c3cc4[nH]c5ccccc5c4cc32)cc1. The van der Waals surface area contributed by atoms with Gasteiger partial charge in [-0.15, -0.1) is 0 Å². The highest BCUT2D eigenvalue weighted by molar-refractivity contribution is 6.18. The van der Waals surface area contributed by atoms with E-state index in [0.29, 0.717) is 0 Å². The third kappa shape index (κ3) is 2.35. The standard InChI is InChI=1S/C24H16N2.C2H6/c1-2-8-16(9-3-1)26-23-13-7-5-11-18(23)20-14-22-19(15-24(20)26)17-10-4-6-12-21(17)25-22;1-2/h1-15,25H;1-2H3. The first-order chi connectivity index (χ1) is 13.9. The molecule has 0 unspecified atom stereocenters. The number of hydrogen-bond donors (Lipinski definition) is 1. The Morgan fingerprint density at radius 1 is 0.536 bits per heavy atom. The van der Waals surface area contributed by atoms with Crippen molar-refractivity contribution in [3.8, 4) is 5.69 Å². The fourth-order valence-corrected chi connectivity index (χ4v) is 4.17. The van der Waals surface area contributed by atoms with E-state index >= 15 is 0 Å². The van der Waals surface area contributed by atoms with Crippen LogP contribution in [0, 0.1) is 0 Å². The van der Waals surface area contributed by atoms with Crippen molar-refractivity contribution < 1.29 is 0 Å². The van der Waals surface area contributed by atoms with Crippen molar-refractivity contribution in [1.82, 2.24) is 9.55 Å². The highest BCUT2D eigenvalue weighted by Crippen LogP contribution is 2.36. The summed E-state index contributed by atoms with van der Waals surface area (Å²) in [4.78, 5) is 3.57. The van der Waals surface area contributed by atoms with E-state index in [1.165, 1.54) is 49.3 Å². The molecule has 0 bridgehead atoms. The summed E-state index contributed by atoms with van der Waals surface area (Å²) >= 11 is 0. The summed E-state index contributed by atoms with van der Waals surface area (Å²) in [5.41, 5.74) is 6.05. The molecule has 0 atom stereocenters. The van der Waals surface area contributed by atoms with Gasteiger partial charge in [0.15, 0.2) is 0 Å². The van der Waals surface area contributed by atoms with Crippen LogP contribution in [-0.2, 0) is 0 Å². The lowest BCUT2D eigenvalue weighted by molar-refractivity contribution is 1.18. The molecule has 2 aromatic heterocycles. The fraction of sp³-hybridized carbons (Fsp3) is 0.0769. The number of benzene rings is 4. The molecule has 0 radical (unpaired) electrons. The number of fused-ring (bicyclic) bond motifs is 6. The second kappa shape index (κ2) is 6.58. The molecule has 0 aliphatic heterocycles. The van der Waals surface area contributed by atoms with Crippen molar-refractivity contribution in [2.75, 3.05) is 0 Å². The molecule has 0 saturated heterocycles. The maximum absolute atomic E-state index is 3.57. The first kappa shape index (κ1) is 16.6. The van der Waals surface area contributed by atoms with Gasteiger partial charge in [-0.25, -0.2) is 0 Å². The number of aromatic nitrogens is 2. The van der Waals surface area contributed by atoms with Gasteiger partial charge in [0.05, 0.1) is 11.0 Å². The molecule has 0 saturated carbocycles. The molecule has 1 N–H and O–H groups in total. The number of hydrogen-bond acceptors (Lipinski definition) is 0. The largest absolute Gasteiger partial charge is 0.354 e. The second-order valence-corrected chi connectivity index (χ2v) is 6.77. The Morgan fingerprint density at radius 3 is 2.04 bits per heavy atom. The molecule has 0 fully saturated rings. The smallest absolute Gasteiger partial charge is 0.0548 e. The Kier molecular flexibility index (Phi) is 3.91. The molecular weight excluding hydrogens is 340 g/mol. The van der Waals surface area contributed by atoms with E-state index in [1.807, 2.05) is 13.8 Å². The summed E-state index contributed by atoms with van der Waals surface area (Å²) in [6.45, 7) is 4.00. The van der Waals surface area contributed by atoms with Crippen LogP contribution in [-0.4, -0.2) is 9.55 Å². The van der Waals surface area contributed by atoms with Crippen LogP contribution in [0.3, 0.4) is 0 Å². The third-order valence-corrected chi connectivity index (χ3v) is 5.31. The van der Waals surface area contributed by atoms with Crippen LogP contribution >= 0.6 is 0 Å². The molecule has 2 nitrogen and oxygen atoms in total. The summed E-state index contributed by atoms with van der Waals surface area (Å²) in [5, 5.41) is 5.11. The zero-order chi connectivity index (χ0) is 19.1. The normalized spacial score (nSPS) is 11.2. The third-order valence-electron chi connectivity index (χ3n) is 5.31. The highest BCUT2D eigenvalue weighted by Gasteiger charge is 2.14. The van der Waals surface area contributed by atoms with Crippen molar-refractivity contribution in [2.45, 2.75) is 13.8 Å². The maximum Gasteiger partial charge on any atom is 0.0548 e. The molecule has 2 heteroatoms. The number of para-hydroxylation sites is 3. The van der Waals surface area contributed by atoms with Gasteiger partial charge in [0.2, 0.25) is 0 Å². The average molecular weight is 362 g/mol. The Bertz CT molecular complexity index is 1420. The van der Waals surface area contributed by atoms with E-state index in [1.54, 1.807) is 0 Å². The summed E-state index contributed by atoms with van der Waals surface area (Å²) in [6.07, 6.45) is 0. The number of rotatable bonds is 1. The van der Waals surface area contributed by atoms with Crippen LogP contribution in [0.1, 0.15) is 13.8 Å². The second-order valence-electron chi connectivity index (χ2n) is 6.77. The van der Waals surface area contributed by atoms with Crippen molar-refractivity contribution >= 4 is 43.6 Å². The summed E-state index contributed by atoms with van der Waals surface area (Å²) in [5.74, 6) is 0. The molecule has 4 aromatic carbocycles. The van der Waals surface area contributed by atoms with Gasteiger partial charge < -0.3 is 9.55 Å². The number of nitrogens with zero attached hydrogens (tertiary/aromatic N) is 1. The van der Waals surface area contributed by atoms with E-state index in [-0.39, 0.29) is 0 Å². The molecule has 0 aliphatic rings. The van der Waals surface area contributed by atoms with Gasteiger partial charge in [-0.05, 0) is 36.4 Å². The Hall–Kier alpha value is -3.52. The minimum Gasteiger partial charge on any atom is -0.354 e. The van der Waals surface area contributed by atoms with Gasteiger partial charge in [0, 0.05) is 38.3 Å². The van der Waals surface area contributed by atoms with Crippen molar-refractivity contribution in [2.24, 2.45) is 0 Å². The Balaban J connectivity index is 0.000000829. The average Bonchev–Trinajstić information content (AvgIpc) is 3.29. The predicted octanol–water partition coefficient (Wildman–Crippen LogP) is 7.44. The van der Waals surface area contributed by atoms with E-state index < -0.39 is 0 Å². The van der Waals surface area contributed by atoms with Crippen LogP contribution in [0.15, 0.2) is 91.0 Å². The molecule has 2 heterocycles. The van der Waals surface area contributed by atoms with Crippen LogP contribution < -0.4 is 0 Å². The number of aromatic amines is 1.